The number of halogens is 2. The first-order valence-corrected chi connectivity index (χ1v) is 9.23. The van der Waals surface area contributed by atoms with Crippen molar-refractivity contribution in [3.63, 3.8) is 0 Å². The Bertz CT molecular complexity index is 1040. The highest BCUT2D eigenvalue weighted by molar-refractivity contribution is 7.93. The normalized spacial score (nSPS) is 11.1. The first kappa shape index (κ1) is 20.7. The lowest BCUT2D eigenvalue weighted by Crippen LogP contribution is -2.37. The topological polar surface area (TPSA) is 93.9 Å². The van der Waals surface area contributed by atoms with E-state index >= 15 is 0 Å². The van der Waals surface area contributed by atoms with Crippen LogP contribution in [0.2, 0.25) is 5.02 Å². The van der Waals surface area contributed by atoms with Crippen LogP contribution >= 0.6 is 11.6 Å². The predicted octanol–water partition coefficient (Wildman–Crippen LogP) is 3.38. The number of furan rings is 1. The summed E-state index contributed by atoms with van der Waals surface area (Å²) in [5.41, 5.74) is -0.660. The predicted molar refractivity (Wildman–Crippen MR) is 95.8 cm³/mol. The van der Waals surface area contributed by atoms with Gasteiger partial charge < -0.3 is 9.15 Å². The number of hydrogen-bond acceptors (Lipinski definition) is 6. The number of anilines is 1. The summed E-state index contributed by atoms with van der Waals surface area (Å²) in [6, 6.07) is 2.82. The second-order valence-corrected chi connectivity index (χ2v) is 7.45. The van der Waals surface area contributed by atoms with Crippen molar-refractivity contribution < 1.29 is 31.6 Å². The summed E-state index contributed by atoms with van der Waals surface area (Å²) in [6.07, 6.45) is 0.747. The largest absolute Gasteiger partial charge is 0.465 e. The van der Waals surface area contributed by atoms with Gasteiger partial charge in [0.25, 0.3) is 15.9 Å². The van der Waals surface area contributed by atoms with E-state index in [9.17, 15) is 22.4 Å². The van der Waals surface area contributed by atoms with Crippen molar-refractivity contribution in [3.05, 3.63) is 58.8 Å². The Kier molecular flexibility index (Phi) is 5.76. The molecule has 0 aliphatic heterocycles. The molecule has 0 aliphatic carbocycles. The fourth-order valence-corrected chi connectivity index (χ4v) is 4.60. The van der Waals surface area contributed by atoms with E-state index < -0.39 is 32.6 Å². The van der Waals surface area contributed by atoms with Gasteiger partial charge in [-0.1, -0.05) is 18.2 Å². The van der Waals surface area contributed by atoms with Crippen molar-refractivity contribution >= 4 is 39.2 Å². The third-order valence-corrected chi connectivity index (χ3v) is 5.76. The van der Waals surface area contributed by atoms with Gasteiger partial charge in [-0.25, -0.2) is 17.6 Å². The molecule has 0 unspecified atom stereocenters. The molecule has 2 aromatic rings. The molecule has 0 spiro atoms. The number of esters is 1. The van der Waals surface area contributed by atoms with E-state index in [0.29, 0.717) is 4.31 Å². The minimum absolute atomic E-state index is 0.00544. The number of carbonyl (C=O) groups excluding carboxylic acids is 2. The number of rotatable bonds is 5. The highest BCUT2D eigenvalue weighted by Gasteiger charge is 2.39. The van der Waals surface area contributed by atoms with Crippen LogP contribution in [0.25, 0.3) is 0 Å². The molecule has 2 rings (SSSR count). The number of amides is 1. The van der Waals surface area contributed by atoms with E-state index in [0.717, 1.165) is 31.4 Å². The van der Waals surface area contributed by atoms with Crippen LogP contribution in [0.5, 0.6) is 0 Å². The molecule has 0 bridgehead atoms. The summed E-state index contributed by atoms with van der Waals surface area (Å²) in [5.74, 6) is -2.88. The van der Waals surface area contributed by atoms with Gasteiger partial charge in [0.1, 0.15) is 27.8 Å². The Labute approximate surface area is 160 Å². The van der Waals surface area contributed by atoms with Gasteiger partial charge in [-0.15, -0.1) is 0 Å². The zero-order chi connectivity index (χ0) is 20.5. The molecule has 27 heavy (non-hydrogen) atoms. The molecule has 7 nitrogen and oxygen atoms in total. The first-order chi connectivity index (χ1) is 12.6. The van der Waals surface area contributed by atoms with Gasteiger partial charge >= 0.3 is 5.97 Å². The van der Waals surface area contributed by atoms with Gasteiger partial charge in [0.05, 0.1) is 17.8 Å². The Morgan fingerprint density at radius 3 is 2.44 bits per heavy atom. The highest BCUT2D eigenvalue weighted by Crippen LogP contribution is 2.35. The zero-order valence-electron chi connectivity index (χ0n) is 14.6. The van der Waals surface area contributed by atoms with E-state index in [2.05, 4.69) is 11.3 Å². The molecule has 0 saturated carbocycles. The smallest absolute Gasteiger partial charge is 0.342 e. The van der Waals surface area contributed by atoms with Gasteiger partial charge in [0, 0.05) is 0 Å². The number of nitrogens with zero attached hydrogens (tertiary/aromatic N) is 1. The van der Waals surface area contributed by atoms with E-state index in [1.807, 2.05) is 0 Å². The van der Waals surface area contributed by atoms with E-state index in [1.165, 1.54) is 13.8 Å². The molecule has 1 aromatic carbocycles. The summed E-state index contributed by atoms with van der Waals surface area (Å²) >= 11 is 5.95. The fraction of sp³-hybridized carbons (Fsp3) is 0.176. The number of carbonyl (C=O) groups is 2. The van der Waals surface area contributed by atoms with Crippen molar-refractivity contribution in [1.82, 2.24) is 0 Å². The standard InChI is InChI=1S/C17H15ClFNO6S/c1-5-14(21)20(13-7-6-11(19)8-12(13)18)27(23,24)16-10(3)26-9(2)15(16)17(22)25-4/h5-8H,1H2,2-4H3. The van der Waals surface area contributed by atoms with Crippen molar-refractivity contribution in [2.75, 3.05) is 11.4 Å². The molecule has 1 amide bonds. The molecule has 0 saturated heterocycles. The molecule has 0 radical (unpaired) electrons. The number of hydrogen-bond donors (Lipinski definition) is 0. The van der Waals surface area contributed by atoms with Crippen LogP contribution in [0.4, 0.5) is 10.1 Å². The maximum atomic E-state index is 13.4. The summed E-state index contributed by atoms with van der Waals surface area (Å²) in [6.45, 7) is 5.97. The van der Waals surface area contributed by atoms with Gasteiger partial charge in [0.2, 0.25) is 0 Å². The Balaban J connectivity index is 2.83. The summed E-state index contributed by atoms with van der Waals surface area (Å²) in [4.78, 5) is 23.9. The zero-order valence-corrected chi connectivity index (χ0v) is 16.1. The first-order valence-electron chi connectivity index (χ1n) is 7.41. The second kappa shape index (κ2) is 7.53. The minimum atomic E-state index is -4.69. The lowest BCUT2D eigenvalue weighted by atomic mass is 10.2. The Morgan fingerprint density at radius 2 is 1.93 bits per heavy atom. The van der Waals surface area contributed by atoms with Crippen LogP contribution in [0, 0.1) is 19.7 Å². The number of aryl methyl sites for hydroxylation is 2. The van der Waals surface area contributed by atoms with Crippen LogP contribution in [-0.4, -0.2) is 27.4 Å². The minimum Gasteiger partial charge on any atom is -0.465 e. The molecule has 10 heteroatoms. The molecule has 0 fully saturated rings. The molecule has 1 heterocycles. The van der Waals surface area contributed by atoms with E-state index in [1.54, 1.807) is 0 Å². The average Bonchev–Trinajstić information content (AvgIpc) is 2.90. The maximum Gasteiger partial charge on any atom is 0.342 e. The van der Waals surface area contributed by atoms with Crippen molar-refractivity contribution in [2.24, 2.45) is 0 Å². The fourth-order valence-electron chi connectivity index (χ4n) is 2.50. The van der Waals surface area contributed by atoms with E-state index in [4.69, 9.17) is 16.0 Å². The molecule has 144 valence electrons. The van der Waals surface area contributed by atoms with Gasteiger partial charge in [-0.05, 0) is 38.1 Å². The van der Waals surface area contributed by atoms with Crippen molar-refractivity contribution in [1.29, 1.82) is 0 Å². The van der Waals surface area contributed by atoms with Gasteiger partial charge in [-0.2, -0.15) is 4.31 Å². The number of sulfonamides is 1. The number of benzene rings is 1. The molecule has 1 aromatic heterocycles. The second-order valence-electron chi connectivity index (χ2n) is 5.32. The summed E-state index contributed by atoms with van der Waals surface area (Å²) < 4.78 is 50.1. The molecular formula is C17H15ClFNO6S. The lowest BCUT2D eigenvalue weighted by molar-refractivity contribution is -0.113. The third kappa shape index (κ3) is 3.60. The van der Waals surface area contributed by atoms with Gasteiger partial charge in [0.15, 0.2) is 0 Å². The lowest BCUT2D eigenvalue weighted by Gasteiger charge is -2.22. The molecule has 0 N–H and O–H groups in total. The number of ether oxygens (including phenoxy) is 1. The summed E-state index contributed by atoms with van der Waals surface area (Å²) in [5, 5.41) is -0.328. The monoisotopic (exact) mass is 415 g/mol. The average molecular weight is 416 g/mol. The SMILES string of the molecule is C=CC(=O)N(c1ccc(F)cc1Cl)S(=O)(=O)c1c(C)oc(C)c1C(=O)OC. The van der Waals surface area contributed by atoms with Crippen LogP contribution in [-0.2, 0) is 19.6 Å². The van der Waals surface area contributed by atoms with Crippen LogP contribution in [0.3, 0.4) is 0 Å². The van der Waals surface area contributed by atoms with Crippen LogP contribution in [0.1, 0.15) is 21.9 Å². The van der Waals surface area contributed by atoms with Crippen molar-refractivity contribution in [3.8, 4) is 0 Å². The molecule has 0 atom stereocenters. The molecule has 0 aliphatic rings. The maximum absolute atomic E-state index is 13.4. The van der Waals surface area contributed by atoms with Crippen LogP contribution in [0.15, 0.2) is 40.2 Å². The summed E-state index contributed by atoms with van der Waals surface area (Å²) in [7, 11) is -3.61. The Morgan fingerprint density at radius 1 is 1.30 bits per heavy atom. The van der Waals surface area contributed by atoms with E-state index in [-0.39, 0.29) is 27.8 Å². The Hall–Kier alpha value is -2.65. The van der Waals surface area contributed by atoms with Crippen molar-refractivity contribution in [2.45, 2.75) is 18.7 Å². The molecular weight excluding hydrogens is 401 g/mol. The quantitative estimate of drug-likeness (QED) is 0.549. The third-order valence-electron chi connectivity index (χ3n) is 3.60. The highest BCUT2D eigenvalue weighted by atomic mass is 35.5. The number of methoxy groups -OCH3 is 1. The van der Waals surface area contributed by atoms with Gasteiger partial charge in [-0.3, -0.25) is 4.79 Å². The van der Waals surface area contributed by atoms with Crippen LogP contribution < -0.4 is 4.31 Å².